The zero-order chi connectivity index (χ0) is 13.9. The number of benzene rings is 1. The van der Waals surface area contributed by atoms with Crippen molar-refractivity contribution in [2.24, 2.45) is 0 Å². The molecule has 2 aliphatic rings. The summed E-state index contributed by atoms with van der Waals surface area (Å²) in [6.07, 6.45) is 3.57. The number of amides is 1. The van der Waals surface area contributed by atoms with Crippen LogP contribution in [0.1, 0.15) is 24.5 Å². The van der Waals surface area contributed by atoms with Crippen molar-refractivity contribution in [1.29, 1.82) is 0 Å². The maximum absolute atomic E-state index is 12.2. The summed E-state index contributed by atoms with van der Waals surface area (Å²) in [6.45, 7) is 5.52. The van der Waals surface area contributed by atoms with Crippen molar-refractivity contribution in [3.05, 3.63) is 29.3 Å². The highest BCUT2D eigenvalue weighted by atomic mass is 16.2. The zero-order valence-electron chi connectivity index (χ0n) is 12.1. The lowest BCUT2D eigenvalue weighted by atomic mass is 10.1. The number of nitrogens with zero attached hydrogens (tertiary/aromatic N) is 1. The van der Waals surface area contributed by atoms with Crippen molar-refractivity contribution in [1.82, 2.24) is 10.2 Å². The number of fused-ring (bicyclic) bond motifs is 1. The Morgan fingerprint density at radius 2 is 2.25 bits per heavy atom. The molecule has 1 fully saturated rings. The second-order valence-electron chi connectivity index (χ2n) is 5.91. The van der Waals surface area contributed by atoms with Crippen molar-refractivity contribution in [2.75, 3.05) is 31.5 Å². The Morgan fingerprint density at radius 3 is 3.10 bits per heavy atom. The van der Waals surface area contributed by atoms with Gasteiger partial charge in [-0.15, -0.1) is 0 Å². The Hall–Kier alpha value is -1.39. The van der Waals surface area contributed by atoms with Gasteiger partial charge in [0, 0.05) is 31.4 Å². The van der Waals surface area contributed by atoms with Crippen LogP contribution in [0.5, 0.6) is 0 Å². The molecule has 4 nitrogen and oxygen atoms in total. The van der Waals surface area contributed by atoms with Gasteiger partial charge >= 0.3 is 0 Å². The molecule has 1 saturated heterocycles. The largest absolute Gasteiger partial charge is 0.325 e. The molecule has 1 heterocycles. The molecule has 20 heavy (non-hydrogen) atoms. The van der Waals surface area contributed by atoms with E-state index in [4.69, 9.17) is 0 Å². The number of hydrogen-bond acceptors (Lipinski definition) is 3. The molecule has 1 amide bonds. The van der Waals surface area contributed by atoms with Crippen LogP contribution >= 0.6 is 0 Å². The lowest BCUT2D eigenvalue weighted by molar-refractivity contribution is -0.118. The SMILES string of the molecule is C[C@@H]1CNCCN1CC(=O)Nc1ccc2c(c1)CCC2. The van der Waals surface area contributed by atoms with Crippen molar-refractivity contribution < 1.29 is 4.79 Å². The lowest BCUT2D eigenvalue weighted by Crippen LogP contribution is -2.51. The maximum Gasteiger partial charge on any atom is 0.238 e. The fourth-order valence-corrected chi connectivity index (χ4v) is 3.15. The quantitative estimate of drug-likeness (QED) is 0.875. The molecule has 0 radical (unpaired) electrons. The van der Waals surface area contributed by atoms with Crippen LogP contribution in [0.3, 0.4) is 0 Å². The molecule has 3 rings (SSSR count). The van der Waals surface area contributed by atoms with E-state index in [2.05, 4.69) is 34.6 Å². The summed E-state index contributed by atoms with van der Waals surface area (Å²) in [5.74, 6) is 0.0942. The number of carbonyl (C=O) groups excluding carboxylic acids is 1. The van der Waals surface area contributed by atoms with E-state index in [1.807, 2.05) is 6.07 Å². The average molecular weight is 273 g/mol. The molecule has 1 aliphatic heterocycles. The van der Waals surface area contributed by atoms with Crippen LogP contribution in [-0.2, 0) is 17.6 Å². The number of rotatable bonds is 3. The van der Waals surface area contributed by atoms with Crippen LogP contribution in [0.15, 0.2) is 18.2 Å². The third-order valence-corrected chi connectivity index (χ3v) is 4.37. The van der Waals surface area contributed by atoms with Crippen molar-refractivity contribution in [3.63, 3.8) is 0 Å². The molecule has 1 aliphatic carbocycles. The summed E-state index contributed by atoms with van der Waals surface area (Å²) < 4.78 is 0. The van der Waals surface area contributed by atoms with Crippen LogP contribution in [0.2, 0.25) is 0 Å². The van der Waals surface area contributed by atoms with E-state index in [-0.39, 0.29) is 5.91 Å². The third-order valence-electron chi connectivity index (χ3n) is 4.37. The van der Waals surface area contributed by atoms with Crippen LogP contribution in [0.4, 0.5) is 5.69 Å². The average Bonchev–Trinajstić information content (AvgIpc) is 2.89. The van der Waals surface area contributed by atoms with E-state index in [1.165, 1.54) is 24.0 Å². The first kappa shape index (κ1) is 13.6. The summed E-state index contributed by atoms with van der Waals surface area (Å²) in [6, 6.07) is 6.75. The summed E-state index contributed by atoms with van der Waals surface area (Å²) in [7, 11) is 0. The monoisotopic (exact) mass is 273 g/mol. The highest BCUT2D eigenvalue weighted by Crippen LogP contribution is 2.24. The van der Waals surface area contributed by atoms with Gasteiger partial charge in [0.2, 0.25) is 5.91 Å². The highest BCUT2D eigenvalue weighted by molar-refractivity contribution is 5.92. The van der Waals surface area contributed by atoms with Crippen LogP contribution in [0.25, 0.3) is 0 Å². The minimum atomic E-state index is 0.0942. The van der Waals surface area contributed by atoms with E-state index >= 15 is 0 Å². The summed E-state index contributed by atoms with van der Waals surface area (Å²) in [4.78, 5) is 14.4. The van der Waals surface area contributed by atoms with Crippen molar-refractivity contribution in [3.8, 4) is 0 Å². The topological polar surface area (TPSA) is 44.4 Å². The van der Waals surface area contributed by atoms with E-state index in [9.17, 15) is 4.79 Å². The number of aryl methyl sites for hydroxylation is 2. The molecule has 0 saturated carbocycles. The molecule has 0 spiro atoms. The highest BCUT2D eigenvalue weighted by Gasteiger charge is 2.20. The molecule has 108 valence electrons. The Balaban J connectivity index is 1.58. The van der Waals surface area contributed by atoms with E-state index in [1.54, 1.807) is 0 Å². The Bertz CT molecular complexity index is 500. The van der Waals surface area contributed by atoms with Gasteiger partial charge in [-0.25, -0.2) is 0 Å². The second kappa shape index (κ2) is 5.94. The van der Waals surface area contributed by atoms with Gasteiger partial charge in [0.05, 0.1) is 6.54 Å². The summed E-state index contributed by atoms with van der Waals surface area (Å²) >= 11 is 0. The molecule has 0 aromatic heterocycles. The van der Waals surface area contributed by atoms with Gasteiger partial charge in [0.15, 0.2) is 0 Å². The third kappa shape index (κ3) is 3.02. The predicted octanol–water partition coefficient (Wildman–Crippen LogP) is 1.41. The minimum Gasteiger partial charge on any atom is -0.325 e. The fourth-order valence-electron chi connectivity index (χ4n) is 3.15. The van der Waals surface area contributed by atoms with Crippen LogP contribution < -0.4 is 10.6 Å². The molecule has 1 aromatic carbocycles. The standard InChI is InChI=1S/C16H23N3O/c1-12-10-17-7-8-19(12)11-16(20)18-15-6-5-13-3-2-4-14(13)9-15/h5-6,9,12,17H,2-4,7-8,10-11H2,1H3,(H,18,20)/t12-/m1/s1. The van der Waals surface area contributed by atoms with Crippen LogP contribution in [0, 0.1) is 0 Å². The van der Waals surface area contributed by atoms with E-state index in [0.29, 0.717) is 12.6 Å². The zero-order valence-corrected chi connectivity index (χ0v) is 12.1. The van der Waals surface area contributed by atoms with Gasteiger partial charge < -0.3 is 10.6 Å². The molecular formula is C16H23N3O. The van der Waals surface area contributed by atoms with Crippen molar-refractivity contribution >= 4 is 11.6 Å². The number of piperazine rings is 1. The molecule has 1 aromatic rings. The molecule has 4 heteroatoms. The smallest absolute Gasteiger partial charge is 0.238 e. The summed E-state index contributed by atoms with van der Waals surface area (Å²) in [5, 5.41) is 6.38. The number of anilines is 1. The Morgan fingerprint density at radius 1 is 1.40 bits per heavy atom. The van der Waals surface area contributed by atoms with Gasteiger partial charge in [-0.1, -0.05) is 6.07 Å². The first-order valence-electron chi connectivity index (χ1n) is 7.59. The van der Waals surface area contributed by atoms with Gasteiger partial charge in [-0.05, 0) is 49.4 Å². The van der Waals surface area contributed by atoms with E-state index in [0.717, 1.165) is 31.7 Å². The molecule has 2 N–H and O–H groups in total. The minimum absolute atomic E-state index is 0.0942. The number of hydrogen-bond donors (Lipinski definition) is 2. The molecule has 0 bridgehead atoms. The van der Waals surface area contributed by atoms with Gasteiger partial charge in [0.1, 0.15) is 0 Å². The predicted molar refractivity (Wildman–Crippen MR) is 81.0 cm³/mol. The van der Waals surface area contributed by atoms with Gasteiger partial charge in [0.25, 0.3) is 0 Å². The summed E-state index contributed by atoms with van der Waals surface area (Å²) in [5.41, 5.74) is 3.79. The maximum atomic E-state index is 12.2. The van der Waals surface area contributed by atoms with Crippen molar-refractivity contribution in [2.45, 2.75) is 32.2 Å². The molecule has 0 unspecified atom stereocenters. The molecular weight excluding hydrogens is 250 g/mol. The van der Waals surface area contributed by atoms with Gasteiger partial charge in [-0.3, -0.25) is 9.69 Å². The van der Waals surface area contributed by atoms with E-state index < -0.39 is 0 Å². The Kier molecular flexibility index (Phi) is 4.03. The second-order valence-corrected chi connectivity index (χ2v) is 5.91. The number of carbonyl (C=O) groups is 1. The number of nitrogens with one attached hydrogen (secondary N) is 2. The Labute approximate surface area is 120 Å². The molecule has 1 atom stereocenters. The fraction of sp³-hybridized carbons (Fsp3) is 0.562. The first-order valence-corrected chi connectivity index (χ1v) is 7.59. The first-order chi connectivity index (χ1) is 9.72. The lowest BCUT2D eigenvalue weighted by Gasteiger charge is -2.33. The van der Waals surface area contributed by atoms with Crippen LogP contribution in [-0.4, -0.2) is 43.0 Å². The normalized spacial score (nSPS) is 22.6. The van der Waals surface area contributed by atoms with Gasteiger partial charge in [-0.2, -0.15) is 0 Å².